The largest absolute Gasteiger partial charge is 0.511 e. The Hall–Kier alpha value is -1.52. The summed E-state index contributed by atoms with van der Waals surface area (Å²) < 4.78 is 0. The van der Waals surface area contributed by atoms with Gasteiger partial charge in [0.2, 0.25) is 5.91 Å². The van der Waals surface area contributed by atoms with Crippen LogP contribution in [0.5, 0.6) is 0 Å². The highest BCUT2D eigenvalue weighted by Gasteiger charge is 2.57. The number of hydrogen-bond acceptors (Lipinski definition) is 3. The molecule has 0 aromatic heterocycles. The molecule has 2 aliphatic rings. The van der Waals surface area contributed by atoms with Gasteiger partial charge in [-0.25, -0.2) is 4.79 Å². The van der Waals surface area contributed by atoms with E-state index in [0.717, 1.165) is 0 Å². The number of aliphatic hydroxyl groups excluding tert-OH is 1. The zero-order chi connectivity index (χ0) is 10.5. The average Bonchev–Trinajstić information content (AvgIpc) is 2.59. The molecule has 0 aromatic carbocycles. The second-order valence-corrected chi connectivity index (χ2v) is 3.95. The van der Waals surface area contributed by atoms with E-state index in [2.05, 4.69) is 0 Å². The van der Waals surface area contributed by atoms with E-state index >= 15 is 0 Å². The molecule has 14 heavy (non-hydrogen) atoms. The van der Waals surface area contributed by atoms with E-state index in [4.69, 9.17) is 10.8 Å². The number of allylic oxidation sites excluding steroid dienone is 1. The summed E-state index contributed by atoms with van der Waals surface area (Å²) in [6.07, 6.45) is 1.44. The Labute approximate surface area is 80.2 Å². The Kier molecular flexibility index (Phi) is 1.61. The normalized spacial score (nSPS) is 35.0. The third-order valence-electron chi connectivity index (χ3n) is 3.32. The third kappa shape index (κ3) is 0.840. The van der Waals surface area contributed by atoms with Crippen LogP contribution < -0.4 is 5.73 Å². The van der Waals surface area contributed by atoms with Crippen LogP contribution in [-0.4, -0.2) is 22.1 Å². The van der Waals surface area contributed by atoms with Gasteiger partial charge in [0.05, 0.1) is 11.0 Å². The Morgan fingerprint density at radius 3 is 2.57 bits per heavy atom. The molecule has 0 aliphatic heterocycles. The fourth-order valence-corrected chi connectivity index (χ4v) is 2.62. The van der Waals surface area contributed by atoms with E-state index in [9.17, 15) is 14.7 Å². The number of aliphatic carboxylic acids is 1. The molecule has 0 spiro atoms. The van der Waals surface area contributed by atoms with Crippen molar-refractivity contribution in [1.29, 1.82) is 0 Å². The molecule has 2 bridgehead atoms. The van der Waals surface area contributed by atoms with Crippen LogP contribution in [0.3, 0.4) is 0 Å². The maximum absolute atomic E-state index is 11.3. The van der Waals surface area contributed by atoms with Gasteiger partial charge in [0.25, 0.3) is 0 Å². The number of nitrogens with two attached hydrogens (primary N) is 1. The molecule has 2 atom stereocenters. The quantitative estimate of drug-likeness (QED) is 0.587. The zero-order valence-electron chi connectivity index (χ0n) is 7.49. The monoisotopic (exact) mass is 197 g/mol. The van der Waals surface area contributed by atoms with Crippen LogP contribution in [0.2, 0.25) is 0 Å². The molecule has 5 heteroatoms. The van der Waals surface area contributed by atoms with Crippen molar-refractivity contribution in [3.63, 3.8) is 0 Å². The zero-order valence-corrected chi connectivity index (χ0v) is 7.49. The number of fused-ring (bicyclic) bond motifs is 2. The smallest absolute Gasteiger partial charge is 0.336 e. The summed E-state index contributed by atoms with van der Waals surface area (Å²) >= 11 is 0. The summed E-state index contributed by atoms with van der Waals surface area (Å²) in [5.74, 6) is -2.21. The van der Waals surface area contributed by atoms with Crippen molar-refractivity contribution in [2.45, 2.75) is 19.3 Å². The topological polar surface area (TPSA) is 101 Å². The maximum atomic E-state index is 11.3. The molecule has 76 valence electrons. The predicted octanol–water partition coefficient (Wildman–Crippen LogP) is 0.168. The fourth-order valence-electron chi connectivity index (χ4n) is 2.62. The van der Waals surface area contributed by atoms with Crippen LogP contribution in [0, 0.1) is 11.3 Å². The number of rotatable bonds is 2. The van der Waals surface area contributed by atoms with Gasteiger partial charge in [-0.05, 0) is 19.3 Å². The number of carbonyl (C=O) groups is 2. The van der Waals surface area contributed by atoms with Crippen LogP contribution >= 0.6 is 0 Å². The Morgan fingerprint density at radius 1 is 1.50 bits per heavy atom. The molecule has 0 radical (unpaired) electrons. The number of aliphatic hydroxyl groups is 1. The summed E-state index contributed by atoms with van der Waals surface area (Å²) in [4.78, 5) is 22.1. The van der Waals surface area contributed by atoms with Gasteiger partial charge in [-0.15, -0.1) is 0 Å². The molecule has 0 heterocycles. The SMILES string of the molecule is NC(=O)C12CCC(C1)C(O)=C2C(=O)O. The standard InChI is InChI=1S/C9H11NO4/c10-8(14)9-2-1-4(3-9)6(11)5(9)7(12)13/h4,11H,1-3H2,(H2,10,14)(H,12,13). The van der Waals surface area contributed by atoms with Crippen molar-refractivity contribution in [1.82, 2.24) is 0 Å². The number of carboxylic acids is 1. The van der Waals surface area contributed by atoms with Gasteiger partial charge in [-0.1, -0.05) is 0 Å². The lowest BCUT2D eigenvalue weighted by Gasteiger charge is -2.23. The Bertz CT molecular complexity index is 360. The third-order valence-corrected chi connectivity index (χ3v) is 3.32. The number of primary amides is 1. The minimum atomic E-state index is -1.23. The number of hydrogen-bond donors (Lipinski definition) is 3. The minimum Gasteiger partial charge on any atom is -0.511 e. The molecular formula is C9H11NO4. The summed E-state index contributed by atoms with van der Waals surface area (Å²) in [7, 11) is 0. The highest BCUT2D eigenvalue weighted by molar-refractivity contribution is 6.00. The second kappa shape index (κ2) is 2.50. The van der Waals surface area contributed by atoms with Crippen molar-refractivity contribution in [2.75, 3.05) is 0 Å². The Balaban J connectivity index is 2.54. The maximum Gasteiger partial charge on any atom is 0.336 e. The molecule has 1 fully saturated rings. The first-order valence-corrected chi connectivity index (χ1v) is 4.46. The van der Waals surface area contributed by atoms with Crippen LogP contribution in [0.15, 0.2) is 11.3 Å². The summed E-state index contributed by atoms with van der Waals surface area (Å²) in [5.41, 5.74) is 3.92. The number of amides is 1. The molecule has 2 rings (SSSR count). The van der Waals surface area contributed by atoms with E-state index < -0.39 is 17.3 Å². The number of carboxylic acid groups (broad SMARTS) is 1. The first kappa shape index (κ1) is 9.05. The van der Waals surface area contributed by atoms with Gasteiger partial charge in [0.15, 0.2) is 0 Å². The highest BCUT2D eigenvalue weighted by Crippen LogP contribution is 2.56. The second-order valence-electron chi connectivity index (χ2n) is 3.95. The van der Waals surface area contributed by atoms with E-state index in [1.165, 1.54) is 0 Å². The lowest BCUT2D eigenvalue weighted by Crippen LogP contribution is -2.38. The fraction of sp³-hybridized carbons (Fsp3) is 0.556. The molecule has 1 amide bonds. The average molecular weight is 197 g/mol. The van der Waals surface area contributed by atoms with Crippen molar-refractivity contribution < 1.29 is 19.8 Å². The molecule has 5 nitrogen and oxygen atoms in total. The van der Waals surface area contributed by atoms with E-state index in [0.29, 0.717) is 19.3 Å². The van der Waals surface area contributed by atoms with Gasteiger partial charge in [0.1, 0.15) is 5.76 Å². The molecule has 2 aliphatic carbocycles. The molecule has 2 unspecified atom stereocenters. The minimum absolute atomic E-state index is 0.150. The molecule has 0 aromatic rings. The first-order chi connectivity index (χ1) is 6.49. The van der Waals surface area contributed by atoms with E-state index in [1.54, 1.807) is 0 Å². The lowest BCUT2D eigenvalue weighted by molar-refractivity contribution is -0.137. The predicted molar refractivity (Wildman–Crippen MR) is 46.3 cm³/mol. The van der Waals surface area contributed by atoms with Crippen LogP contribution in [-0.2, 0) is 9.59 Å². The van der Waals surface area contributed by atoms with Crippen molar-refractivity contribution in [3.8, 4) is 0 Å². The van der Waals surface area contributed by atoms with Gasteiger partial charge >= 0.3 is 5.97 Å². The van der Waals surface area contributed by atoms with Crippen LogP contribution in [0.4, 0.5) is 0 Å². The number of carbonyl (C=O) groups excluding carboxylic acids is 1. The van der Waals surface area contributed by atoms with Crippen molar-refractivity contribution in [2.24, 2.45) is 17.1 Å². The lowest BCUT2D eigenvalue weighted by atomic mass is 9.79. The summed E-state index contributed by atoms with van der Waals surface area (Å²) in [6, 6.07) is 0. The van der Waals surface area contributed by atoms with Crippen LogP contribution in [0.1, 0.15) is 19.3 Å². The highest BCUT2D eigenvalue weighted by atomic mass is 16.4. The van der Waals surface area contributed by atoms with E-state index in [-0.39, 0.29) is 17.3 Å². The summed E-state index contributed by atoms with van der Waals surface area (Å²) in [6.45, 7) is 0. The molecule has 1 saturated carbocycles. The first-order valence-electron chi connectivity index (χ1n) is 4.46. The van der Waals surface area contributed by atoms with Gasteiger partial charge in [0, 0.05) is 5.92 Å². The van der Waals surface area contributed by atoms with Crippen molar-refractivity contribution >= 4 is 11.9 Å². The van der Waals surface area contributed by atoms with Crippen LogP contribution in [0.25, 0.3) is 0 Å². The summed E-state index contributed by atoms with van der Waals surface area (Å²) in [5, 5.41) is 18.4. The van der Waals surface area contributed by atoms with Gasteiger partial charge < -0.3 is 15.9 Å². The molecular weight excluding hydrogens is 186 g/mol. The Morgan fingerprint density at radius 2 is 2.14 bits per heavy atom. The molecule has 0 saturated heterocycles. The molecule has 4 N–H and O–H groups in total. The van der Waals surface area contributed by atoms with Crippen molar-refractivity contribution in [3.05, 3.63) is 11.3 Å². The van der Waals surface area contributed by atoms with Gasteiger partial charge in [-0.2, -0.15) is 0 Å². The van der Waals surface area contributed by atoms with E-state index in [1.807, 2.05) is 0 Å². The van der Waals surface area contributed by atoms with Gasteiger partial charge in [-0.3, -0.25) is 4.79 Å².